The molecule has 0 aliphatic carbocycles. The molecular weight excluding hydrogens is 290 g/mol. The number of anilines is 1. The van der Waals surface area contributed by atoms with Gasteiger partial charge in [-0.3, -0.25) is 9.48 Å². The smallest absolute Gasteiger partial charge is 0.273 e. The standard InChI is InChI=1S/C17H19N5O/c1-11-9-13(3)22(20-11)15-8-6-5-7-14(15)18-17(23)16-10-12(2)19-21(16)4/h5-10H,1-4H3,(H,18,23). The summed E-state index contributed by atoms with van der Waals surface area (Å²) in [7, 11) is 1.76. The van der Waals surface area contributed by atoms with Gasteiger partial charge in [-0.05, 0) is 45.0 Å². The van der Waals surface area contributed by atoms with Crippen molar-refractivity contribution in [3.63, 3.8) is 0 Å². The van der Waals surface area contributed by atoms with Crippen molar-refractivity contribution in [2.24, 2.45) is 7.05 Å². The number of rotatable bonds is 3. The second-order valence-corrected chi connectivity index (χ2v) is 5.60. The van der Waals surface area contributed by atoms with Gasteiger partial charge in [-0.25, -0.2) is 4.68 Å². The highest BCUT2D eigenvalue weighted by molar-refractivity contribution is 6.04. The maximum atomic E-state index is 12.5. The molecule has 0 saturated heterocycles. The lowest BCUT2D eigenvalue weighted by Gasteiger charge is -2.12. The summed E-state index contributed by atoms with van der Waals surface area (Å²) in [4.78, 5) is 12.5. The van der Waals surface area contributed by atoms with Gasteiger partial charge in [-0.1, -0.05) is 12.1 Å². The van der Waals surface area contributed by atoms with Gasteiger partial charge in [-0.15, -0.1) is 0 Å². The first-order chi connectivity index (χ1) is 11.0. The molecule has 0 radical (unpaired) electrons. The molecule has 1 amide bonds. The summed E-state index contributed by atoms with van der Waals surface area (Å²) in [6.45, 7) is 5.80. The van der Waals surface area contributed by atoms with E-state index in [9.17, 15) is 4.79 Å². The molecule has 0 atom stereocenters. The van der Waals surface area contributed by atoms with Crippen molar-refractivity contribution in [2.45, 2.75) is 20.8 Å². The Balaban J connectivity index is 1.97. The Morgan fingerprint density at radius 1 is 1.04 bits per heavy atom. The van der Waals surface area contributed by atoms with Crippen LogP contribution >= 0.6 is 0 Å². The Kier molecular flexibility index (Phi) is 3.73. The molecule has 0 aliphatic heterocycles. The Labute approximate surface area is 134 Å². The predicted octanol–water partition coefficient (Wildman–Crippen LogP) is 2.78. The zero-order valence-electron chi connectivity index (χ0n) is 13.7. The Morgan fingerprint density at radius 2 is 1.74 bits per heavy atom. The molecular formula is C17H19N5O. The van der Waals surface area contributed by atoms with E-state index in [4.69, 9.17) is 0 Å². The quantitative estimate of drug-likeness (QED) is 0.809. The maximum Gasteiger partial charge on any atom is 0.273 e. The molecule has 0 saturated carbocycles. The third-order valence-corrected chi connectivity index (χ3v) is 3.62. The second kappa shape index (κ2) is 5.72. The van der Waals surface area contributed by atoms with Crippen LogP contribution in [0.3, 0.4) is 0 Å². The predicted molar refractivity (Wildman–Crippen MR) is 88.9 cm³/mol. The van der Waals surface area contributed by atoms with E-state index in [1.807, 2.05) is 55.8 Å². The third kappa shape index (κ3) is 2.88. The van der Waals surface area contributed by atoms with Crippen LogP contribution in [0.2, 0.25) is 0 Å². The van der Waals surface area contributed by atoms with Crippen LogP contribution in [0.4, 0.5) is 5.69 Å². The minimum atomic E-state index is -0.193. The molecule has 0 spiro atoms. The minimum absolute atomic E-state index is 0.193. The van der Waals surface area contributed by atoms with E-state index in [0.29, 0.717) is 11.4 Å². The van der Waals surface area contributed by atoms with Crippen molar-refractivity contribution in [2.75, 3.05) is 5.32 Å². The molecule has 118 valence electrons. The fourth-order valence-corrected chi connectivity index (χ4v) is 2.65. The molecule has 1 N–H and O–H groups in total. The highest BCUT2D eigenvalue weighted by Crippen LogP contribution is 2.22. The number of aromatic nitrogens is 4. The SMILES string of the molecule is Cc1cc(C(=O)Nc2ccccc2-n2nc(C)cc2C)n(C)n1. The summed E-state index contributed by atoms with van der Waals surface area (Å²) < 4.78 is 3.41. The Hall–Kier alpha value is -2.89. The largest absolute Gasteiger partial charge is 0.319 e. The number of carbonyl (C=O) groups excluding carboxylic acids is 1. The fraction of sp³-hybridized carbons (Fsp3) is 0.235. The molecule has 0 unspecified atom stereocenters. The van der Waals surface area contributed by atoms with Gasteiger partial charge in [0.2, 0.25) is 0 Å². The van der Waals surface area contributed by atoms with Crippen LogP contribution in [0, 0.1) is 20.8 Å². The van der Waals surface area contributed by atoms with Crippen LogP contribution < -0.4 is 5.32 Å². The summed E-state index contributed by atoms with van der Waals surface area (Å²) in [6.07, 6.45) is 0. The summed E-state index contributed by atoms with van der Waals surface area (Å²) >= 11 is 0. The molecule has 23 heavy (non-hydrogen) atoms. The van der Waals surface area contributed by atoms with E-state index in [2.05, 4.69) is 15.5 Å². The van der Waals surface area contributed by atoms with E-state index in [0.717, 1.165) is 22.8 Å². The first-order valence-electron chi connectivity index (χ1n) is 7.40. The summed E-state index contributed by atoms with van der Waals surface area (Å²) in [5.74, 6) is -0.193. The van der Waals surface area contributed by atoms with Crippen LogP contribution in [0.1, 0.15) is 27.6 Å². The van der Waals surface area contributed by atoms with E-state index in [-0.39, 0.29) is 5.91 Å². The van der Waals surface area contributed by atoms with E-state index >= 15 is 0 Å². The van der Waals surface area contributed by atoms with E-state index in [1.165, 1.54) is 0 Å². The molecule has 0 bridgehead atoms. The van der Waals surface area contributed by atoms with Gasteiger partial charge in [0, 0.05) is 12.7 Å². The number of aryl methyl sites for hydroxylation is 4. The molecule has 3 aromatic rings. The van der Waals surface area contributed by atoms with Crippen molar-refractivity contribution >= 4 is 11.6 Å². The van der Waals surface area contributed by atoms with E-state index in [1.54, 1.807) is 17.8 Å². The van der Waals surface area contributed by atoms with Crippen LogP contribution in [0.15, 0.2) is 36.4 Å². The lowest BCUT2D eigenvalue weighted by Crippen LogP contribution is -2.17. The zero-order chi connectivity index (χ0) is 16.6. The minimum Gasteiger partial charge on any atom is -0.319 e. The average Bonchev–Trinajstić information content (AvgIpc) is 3.01. The average molecular weight is 309 g/mol. The van der Waals surface area contributed by atoms with Crippen LogP contribution in [-0.2, 0) is 7.05 Å². The molecule has 3 rings (SSSR count). The molecule has 0 aliphatic rings. The lowest BCUT2D eigenvalue weighted by molar-refractivity contribution is 0.101. The molecule has 1 aromatic carbocycles. The number of hydrogen-bond acceptors (Lipinski definition) is 3. The summed E-state index contributed by atoms with van der Waals surface area (Å²) in [6, 6.07) is 11.4. The van der Waals surface area contributed by atoms with Crippen molar-refractivity contribution < 1.29 is 4.79 Å². The van der Waals surface area contributed by atoms with Crippen molar-refractivity contribution in [3.8, 4) is 5.69 Å². The Bertz CT molecular complexity index is 875. The van der Waals surface area contributed by atoms with Crippen molar-refractivity contribution in [1.29, 1.82) is 0 Å². The number of amides is 1. The van der Waals surface area contributed by atoms with Gasteiger partial charge in [0.05, 0.1) is 22.8 Å². The molecule has 2 aromatic heterocycles. The molecule has 6 heteroatoms. The number of nitrogens with zero attached hydrogens (tertiary/aromatic N) is 4. The van der Waals surface area contributed by atoms with Gasteiger partial charge in [0.1, 0.15) is 5.69 Å². The number of nitrogens with one attached hydrogen (secondary N) is 1. The maximum absolute atomic E-state index is 12.5. The third-order valence-electron chi connectivity index (χ3n) is 3.62. The summed E-state index contributed by atoms with van der Waals surface area (Å²) in [5.41, 5.74) is 4.83. The number of hydrogen-bond donors (Lipinski definition) is 1. The Morgan fingerprint density at radius 3 is 2.35 bits per heavy atom. The van der Waals surface area contributed by atoms with Crippen molar-refractivity contribution in [3.05, 3.63) is 59.2 Å². The van der Waals surface area contributed by atoms with E-state index < -0.39 is 0 Å². The van der Waals surface area contributed by atoms with Gasteiger partial charge < -0.3 is 5.32 Å². The normalized spacial score (nSPS) is 10.8. The highest BCUT2D eigenvalue weighted by atomic mass is 16.2. The van der Waals surface area contributed by atoms with Crippen molar-refractivity contribution in [1.82, 2.24) is 19.6 Å². The highest BCUT2D eigenvalue weighted by Gasteiger charge is 2.15. The van der Waals surface area contributed by atoms with Crippen LogP contribution in [0.5, 0.6) is 0 Å². The zero-order valence-corrected chi connectivity index (χ0v) is 13.7. The fourth-order valence-electron chi connectivity index (χ4n) is 2.65. The summed E-state index contributed by atoms with van der Waals surface area (Å²) in [5, 5.41) is 11.7. The van der Waals surface area contributed by atoms with Gasteiger partial charge in [0.25, 0.3) is 5.91 Å². The van der Waals surface area contributed by atoms with Gasteiger partial charge in [0.15, 0.2) is 0 Å². The van der Waals surface area contributed by atoms with Crippen LogP contribution in [-0.4, -0.2) is 25.5 Å². The van der Waals surface area contributed by atoms with Crippen LogP contribution in [0.25, 0.3) is 5.69 Å². The molecule has 2 heterocycles. The number of carbonyl (C=O) groups is 1. The first-order valence-corrected chi connectivity index (χ1v) is 7.40. The van der Waals surface area contributed by atoms with Gasteiger partial charge >= 0.3 is 0 Å². The topological polar surface area (TPSA) is 64.7 Å². The lowest BCUT2D eigenvalue weighted by atomic mass is 10.2. The first kappa shape index (κ1) is 15.0. The number of para-hydroxylation sites is 2. The van der Waals surface area contributed by atoms with Gasteiger partial charge in [-0.2, -0.15) is 10.2 Å². The monoisotopic (exact) mass is 309 g/mol. The molecule has 0 fully saturated rings. The second-order valence-electron chi connectivity index (χ2n) is 5.60. The molecule has 6 nitrogen and oxygen atoms in total. The number of benzene rings is 1.